The summed E-state index contributed by atoms with van der Waals surface area (Å²) in [6, 6.07) is 13.1. The first kappa shape index (κ1) is 15.1. The molecule has 1 N–H and O–H groups in total. The van der Waals surface area contributed by atoms with Crippen LogP contribution in [0.5, 0.6) is 0 Å². The Morgan fingerprint density at radius 1 is 1.10 bits per heavy atom. The van der Waals surface area contributed by atoms with E-state index in [-0.39, 0.29) is 16.1 Å². The monoisotopic (exact) mass is 307 g/mol. The van der Waals surface area contributed by atoms with E-state index >= 15 is 0 Å². The van der Waals surface area contributed by atoms with E-state index in [0.717, 1.165) is 0 Å². The van der Waals surface area contributed by atoms with Crippen LogP contribution in [0, 0.1) is 10.1 Å². The van der Waals surface area contributed by atoms with Gasteiger partial charge in [-0.3, -0.25) is 10.1 Å². The van der Waals surface area contributed by atoms with E-state index in [1.807, 2.05) is 0 Å². The van der Waals surface area contributed by atoms with Gasteiger partial charge in [0.05, 0.1) is 21.7 Å². The lowest BCUT2D eigenvalue weighted by atomic mass is 10.1. The number of benzene rings is 2. The topological polar surface area (TPSA) is 97.5 Å². The molecule has 2 rings (SSSR count). The van der Waals surface area contributed by atoms with E-state index in [2.05, 4.69) is 0 Å². The van der Waals surface area contributed by atoms with Crippen LogP contribution in [0.15, 0.2) is 59.5 Å². The number of nitro groups is 1. The van der Waals surface area contributed by atoms with Crippen molar-refractivity contribution in [2.75, 3.05) is 5.75 Å². The number of hydrogen-bond donors (Lipinski definition) is 1. The van der Waals surface area contributed by atoms with Crippen molar-refractivity contribution in [1.29, 1.82) is 0 Å². The zero-order valence-electron chi connectivity index (χ0n) is 10.9. The van der Waals surface area contributed by atoms with Crippen LogP contribution in [-0.4, -0.2) is 24.2 Å². The van der Waals surface area contributed by atoms with Gasteiger partial charge in [0.25, 0.3) is 5.69 Å². The Balaban J connectivity index is 2.24. The maximum Gasteiger partial charge on any atom is 0.269 e. The molecule has 0 bridgehead atoms. The predicted octanol–water partition coefficient (Wildman–Crippen LogP) is 2.10. The summed E-state index contributed by atoms with van der Waals surface area (Å²) in [6.07, 6.45) is -1.32. The van der Waals surface area contributed by atoms with Crippen molar-refractivity contribution in [3.05, 3.63) is 70.3 Å². The molecular formula is C14H13NO5S. The predicted molar refractivity (Wildman–Crippen MR) is 76.6 cm³/mol. The van der Waals surface area contributed by atoms with Crippen molar-refractivity contribution < 1.29 is 18.4 Å². The molecule has 2 aromatic rings. The van der Waals surface area contributed by atoms with Crippen LogP contribution in [-0.2, 0) is 9.84 Å². The Morgan fingerprint density at radius 3 is 2.38 bits per heavy atom. The molecule has 1 atom stereocenters. The summed E-state index contributed by atoms with van der Waals surface area (Å²) >= 11 is 0. The lowest BCUT2D eigenvalue weighted by Crippen LogP contribution is -2.14. The third-order valence-corrected chi connectivity index (χ3v) is 4.69. The third-order valence-electron chi connectivity index (χ3n) is 2.95. The van der Waals surface area contributed by atoms with E-state index in [1.165, 1.54) is 36.4 Å². The van der Waals surface area contributed by atoms with Crippen LogP contribution in [0.4, 0.5) is 5.69 Å². The Bertz CT molecular complexity index is 743. The number of aliphatic hydroxyl groups is 1. The average Bonchev–Trinajstić information content (AvgIpc) is 2.48. The Hall–Kier alpha value is -2.25. The minimum Gasteiger partial charge on any atom is -0.387 e. The minimum absolute atomic E-state index is 0.106. The SMILES string of the molecule is O=[N+]([O-])c1cccc(C(O)CS(=O)(=O)c2ccccc2)c1. The van der Waals surface area contributed by atoms with Gasteiger partial charge < -0.3 is 5.11 Å². The summed E-state index contributed by atoms with van der Waals surface area (Å²) in [7, 11) is -3.66. The Labute approximate surface area is 121 Å². The number of aliphatic hydroxyl groups excluding tert-OH is 1. The summed E-state index contributed by atoms with van der Waals surface area (Å²) in [4.78, 5) is 10.2. The van der Waals surface area contributed by atoms with E-state index < -0.39 is 26.6 Å². The number of nitro benzene ring substituents is 1. The van der Waals surface area contributed by atoms with Crippen LogP contribution in [0.1, 0.15) is 11.7 Å². The van der Waals surface area contributed by atoms with Crippen LogP contribution in [0.25, 0.3) is 0 Å². The molecule has 0 saturated carbocycles. The van der Waals surface area contributed by atoms with Crippen molar-refractivity contribution in [2.24, 2.45) is 0 Å². The maximum absolute atomic E-state index is 12.1. The minimum atomic E-state index is -3.66. The summed E-state index contributed by atoms with van der Waals surface area (Å²) in [6.45, 7) is 0. The second kappa shape index (κ2) is 6.02. The van der Waals surface area contributed by atoms with E-state index in [9.17, 15) is 23.6 Å². The number of hydrogen-bond acceptors (Lipinski definition) is 5. The summed E-state index contributed by atoms with van der Waals surface area (Å²) in [5.74, 6) is -0.530. The number of nitrogens with zero attached hydrogens (tertiary/aromatic N) is 1. The first-order chi connectivity index (χ1) is 9.90. The van der Waals surface area contributed by atoms with Crippen LogP contribution in [0.2, 0.25) is 0 Å². The fourth-order valence-corrected chi connectivity index (χ4v) is 3.25. The molecule has 0 amide bonds. The molecule has 0 spiro atoms. The van der Waals surface area contributed by atoms with Gasteiger partial charge in [-0.05, 0) is 17.7 Å². The molecule has 0 aromatic heterocycles. The van der Waals surface area contributed by atoms with Crippen molar-refractivity contribution in [3.8, 4) is 0 Å². The molecule has 0 aliphatic rings. The summed E-state index contributed by atoms with van der Waals surface area (Å²) in [5, 5.41) is 20.7. The molecule has 7 heteroatoms. The van der Waals surface area contributed by atoms with E-state index in [0.29, 0.717) is 0 Å². The largest absolute Gasteiger partial charge is 0.387 e. The van der Waals surface area contributed by atoms with Crippen molar-refractivity contribution in [2.45, 2.75) is 11.0 Å². The molecule has 0 fully saturated rings. The first-order valence-electron chi connectivity index (χ1n) is 6.10. The van der Waals surface area contributed by atoms with Crippen molar-refractivity contribution >= 4 is 15.5 Å². The number of rotatable bonds is 5. The van der Waals surface area contributed by atoms with Crippen molar-refractivity contribution in [1.82, 2.24) is 0 Å². The van der Waals surface area contributed by atoms with Crippen LogP contribution in [0.3, 0.4) is 0 Å². The second-order valence-corrected chi connectivity index (χ2v) is 6.50. The molecule has 6 nitrogen and oxygen atoms in total. The smallest absolute Gasteiger partial charge is 0.269 e. The molecule has 0 aliphatic heterocycles. The van der Waals surface area contributed by atoms with Gasteiger partial charge in [0, 0.05) is 12.1 Å². The van der Waals surface area contributed by atoms with Gasteiger partial charge >= 0.3 is 0 Å². The molecule has 0 aliphatic carbocycles. The Kier molecular flexibility index (Phi) is 4.35. The van der Waals surface area contributed by atoms with E-state index in [4.69, 9.17) is 0 Å². The molecule has 21 heavy (non-hydrogen) atoms. The molecule has 0 radical (unpaired) electrons. The number of sulfone groups is 1. The van der Waals surface area contributed by atoms with Gasteiger partial charge in [-0.2, -0.15) is 0 Å². The zero-order valence-corrected chi connectivity index (χ0v) is 11.7. The fourth-order valence-electron chi connectivity index (χ4n) is 1.87. The van der Waals surface area contributed by atoms with Gasteiger partial charge in [-0.25, -0.2) is 8.42 Å². The highest BCUT2D eigenvalue weighted by molar-refractivity contribution is 7.91. The van der Waals surface area contributed by atoms with Gasteiger partial charge in [-0.15, -0.1) is 0 Å². The standard InChI is InChI=1S/C14H13NO5S/c16-14(11-5-4-6-12(9-11)15(17)18)10-21(19,20)13-7-2-1-3-8-13/h1-9,14,16H,10H2. The quantitative estimate of drug-likeness (QED) is 0.674. The maximum atomic E-state index is 12.1. The third kappa shape index (κ3) is 3.65. The Morgan fingerprint density at radius 2 is 1.76 bits per heavy atom. The summed E-state index contributed by atoms with van der Waals surface area (Å²) < 4.78 is 24.3. The second-order valence-electron chi connectivity index (χ2n) is 4.46. The number of non-ortho nitro benzene ring substituents is 1. The summed E-state index contributed by atoms with van der Waals surface area (Å²) in [5.41, 5.74) is 0.00682. The van der Waals surface area contributed by atoms with Gasteiger partial charge in [0.15, 0.2) is 9.84 Å². The van der Waals surface area contributed by atoms with Crippen molar-refractivity contribution in [3.63, 3.8) is 0 Å². The molecule has 1 unspecified atom stereocenters. The van der Waals surface area contributed by atoms with Crippen LogP contribution >= 0.6 is 0 Å². The highest BCUT2D eigenvalue weighted by Crippen LogP contribution is 2.23. The molecule has 2 aromatic carbocycles. The van der Waals surface area contributed by atoms with Gasteiger partial charge in [0.2, 0.25) is 0 Å². The highest BCUT2D eigenvalue weighted by Gasteiger charge is 2.21. The molecule has 0 saturated heterocycles. The average molecular weight is 307 g/mol. The fraction of sp³-hybridized carbons (Fsp3) is 0.143. The van der Waals surface area contributed by atoms with E-state index in [1.54, 1.807) is 18.2 Å². The van der Waals surface area contributed by atoms with Gasteiger partial charge in [0.1, 0.15) is 0 Å². The normalized spacial score (nSPS) is 12.8. The zero-order chi connectivity index (χ0) is 15.5. The molecule has 0 heterocycles. The van der Waals surface area contributed by atoms with Gasteiger partial charge in [-0.1, -0.05) is 30.3 Å². The highest BCUT2D eigenvalue weighted by atomic mass is 32.2. The first-order valence-corrected chi connectivity index (χ1v) is 7.75. The lowest BCUT2D eigenvalue weighted by Gasteiger charge is -2.11. The van der Waals surface area contributed by atoms with Crippen LogP contribution < -0.4 is 0 Å². The lowest BCUT2D eigenvalue weighted by molar-refractivity contribution is -0.385. The molecular weight excluding hydrogens is 294 g/mol. The molecule has 110 valence electrons.